The second-order valence-electron chi connectivity index (χ2n) is 9.16. The summed E-state index contributed by atoms with van der Waals surface area (Å²) in [5.74, 6) is -0.408. The Labute approximate surface area is 226 Å². The molecule has 0 unspecified atom stereocenters. The number of hydrogen-bond donors (Lipinski definition) is 2. The van der Waals surface area contributed by atoms with Crippen LogP contribution in [0.4, 0.5) is 11.4 Å². The molecule has 9 nitrogen and oxygen atoms in total. The summed E-state index contributed by atoms with van der Waals surface area (Å²) in [7, 11) is -3.94. The molecule has 2 aromatic carbocycles. The van der Waals surface area contributed by atoms with Crippen molar-refractivity contribution in [1.82, 2.24) is 19.3 Å². The Morgan fingerprint density at radius 1 is 0.897 bits per heavy atom. The molecule has 3 aromatic heterocycles. The van der Waals surface area contributed by atoms with Crippen LogP contribution in [-0.2, 0) is 10.0 Å². The summed E-state index contributed by atoms with van der Waals surface area (Å²) in [4.78, 5) is 24.5. The Balaban J connectivity index is 1.39. The van der Waals surface area contributed by atoms with Gasteiger partial charge in [0.2, 0.25) is 0 Å². The van der Waals surface area contributed by atoms with Crippen LogP contribution in [0.25, 0.3) is 22.3 Å². The van der Waals surface area contributed by atoms with E-state index in [1.165, 1.54) is 3.97 Å². The molecule has 2 N–H and O–H groups in total. The van der Waals surface area contributed by atoms with Crippen molar-refractivity contribution >= 4 is 38.2 Å². The van der Waals surface area contributed by atoms with Crippen LogP contribution in [0.5, 0.6) is 0 Å². The van der Waals surface area contributed by atoms with Gasteiger partial charge in [-0.05, 0) is 42.5 Å². The SMILES string of the molecule is O=C(Nc1cnccc1N1CCNCC1)c1cccc(-c2cc3ccccc3n2S(=O)(=O)c2ccccc2)n1. The number of aromatic nitrogens is 3. The molecule has 1 aliphatic rings. The third kappa shape index (κ3) is 4.75. The topological polar surface area (TPSA) is 109 Å². The van der Waals surface area contributed by atoms with E-state index in [2.05, 4.69) is 25.5 Å². The largest absolute Gasteiger partial charge is 0.367 e. The number of rotatable bonds is 6. The minimum atomic E-state index is -3.94. The number of benzene rings is 2. The van der Waals surface area contributed by atoms with E-state index in [1.807, 2.05) is 18.2 Å². The number of piperazine rings is 1. The van der Waals surface area contributed by atoms with E-state index in [0.717, 1.165) is 37.3 Å². The summed E-state index contributed by atoms with van der Waals surface area (Å²) >= 11 is 0. The maximum atomic E-state index is 13.8. The van der Waals surface area contributed by atoms with Crippen LogP contribution in [0.1, 0.15) is 10.5 Å². The van der Waals surface area contributed by atoms with Gasteiger partial charge in [-0.1, -0.05) is 42.5 Å². The summed E-state index contributed by atoms with van der Waals surface area (Å²) in [6.07, 6.45) is 3.33. The van der Waals surface area contributed by atoms with E-state index in [-0.39, 0.29) is 10.6 Å². The van der Waals surface area contributed by atoms with E-state index in [0.29, 0.717) is 22.6 Å². The summed E-state index contributed by atoms with van der Waals surface area (Å²) in [5.41, 5.74) is 2.92. The molecule has 0 spiro atoms. The summed E-state index contributed by atoms with van der Waals surface area (Å²) < 4.78 is 28.9. The van der Waals surface area contributed by atoms with Gasteiger partial charge in [0.25, 0.3) is 15.9 Å². The van der Waals surface area contributed by atoms with Crippen molar-refractivity contribution in [2.45, 2.75) is 4.90 Å². The predicted molar refractivity (Wildman–Crippen MR) is 151 cm³/mol. The highest BCUT2D eigenvalue weighted by Gasteiger charge is 2.25. The fraction of sp³-hybridized carbons (Fsp3) is 0.138. The molecule has 10 heteroatoms. The summed E-state index contributed by atoms with van der Waals surface area (Å²) in [6, 6.07) is 24.2. The van der Waals surface area contributed by atoms with Crippen LogP contribution in [0, 0.1) is 0 Å². The number of hydrogen-bond acceptors (Lipinski definition) is 7. The van der Waals surface area contributed by atoms with Crippen LogP contribution >= 0.6 is 0 Å². The third-order valence-corrected chi connectivity index (χ3v) is 8.44. The van der Waals surface area contributed by atoms with Crippen LogP contribution in [-0.4, -0.2) is 54.4 Å². The van der Waals surface area contributed by atoms with Crippen molar-refractivity contribution in [3.63, 3.8) is 0 Å². The Morgan fingerprint density at radius 3 is 2.49 bits per heavy atom. The first-order valence-electron chi connectivity index (χ1n) is 12.6. The Morgan fingerprint density at radius 2 is 1.67 bits per heavy atom. The number of nitrogens with one attached hydrogen (secondary N) is 2. The van der Waals surface area contributed by atoms with Gasteiger partial charge in [0.05, 0.1) is 39.4 Å². The van der Waals surface area contributed by atoms with Gasteiger partial charge in [-0.15, -0.1) is 0 Å². The lowest BCUT2D eigenvalue weighted by Gasteiger charge is -2.30. The van der Waals surface area contributed by atoms with Gasteiger partial charge in [0.1, 0.15) is 5.69 Å². The molecule has 1 saturated heterocycles. The van der Waals surface area contributed by atoms with Crippen molar-refractivity contribution in [2.75, 3.05) is 36.4 Å². The molecule has 6 rings (SSSR count). The van der Waals surface area contributed by atoms with E-state index in [9.17, 15) is 13.2 Å². The number of carbonyl (C=O) groups is 1. The average molecular weight is 539 g/mol. The van der Waals surface area contributed by atoms with Gasteiger partial charge >= 0.3 is 0 Å². The van der Waals surface area contributed by atoms with Gasteiger partial charge in [-0.3, -0.25) is 9.78 Å². The maximum absolute atomic E-state index is 13.8. The van der Waals surface area contributed by atoms with E-state index >= 15 is 0 Å². The highest BCUT2D eigenvalue weighted by Crippen LogP contribution is 2.32. The highest BCUT2D eigenvalue weighted by atomic mass is 32.2. The van der Waals surface area contributed by atoms with Crippen molar-refractivity contribution in [3.8, 4) is 11.4 Å². The van der Waals surface area contributed by atoms with Crippen molar-refractivity contribution in [2.24, 2.45) is 0 Å². The Kier molecular flexibility index (Phi) is 6.55. The molecule has 0 radical (unpaired) electrons. The molecule has 0 aliphatic carbocycles. The fourth-order valence-electron chi connectivity index (χ4n) is 4.82. The van der Waals surface area contributed by atoms with Gasteiger partial charge in [-0.2, -0.15) is 0 Å². The summed E-state index contributed by atoms with van der Waals surface area (Å²) in [5, 5.41) is 7.03. The Bertz CT molecular complexity index is 1760. The van der Waals surface area contributed by atoms with Crippen molar-refractivity contribution in [1.29, 1.82) is 0 Å². The predicted octanol–water partition coefficient (Wildman–Crippen LogP) is 4.00. The van der Waals surface area contributed by atoms with E-state index in [1.54, 1.807) is 79.1 Å². The maximum Gasteiger partial charge on any atom is 0.274 e. The average Bonchev–Trinajstić information content (AvgIpc) is 3.39. The normalized spacial score (nSPS) is 13.9. The van der Waals surface area contributed by atoms with Gasteiger partial charge in [0.15, 0.2) is 0 Å². The number of pyridine rings is 2. The molecule has 196 valence electrons. The number of para-hydroxylation sites is 1. The first kappa shape index (κ1) is 24.8. The number of anilines is 2. The second-order valence-corrected chi connectivity index (χ2v) is 10.9. The molecule has 0 atom stereocenters. The van der Waals surface area contributed by atoms with Crippen molar-refractivity contribution in [3.05, 3.63) is 103 Å². The molecular weight excluding hydrogens is 512 g/mol. The van der Waals surface area contributed by atoms with E-state index < -0.39 is 15.9 Å². The number of amides is 1. The molecular formula is C29H26N6O3S. The molecule has 0 saturated carbocycles. The number of fused-ring (bicyclic) bond motifs is 1. The summed E-state index contributed by atoms with van der Waals surface area (Å²) in [6.45, 7) is 3.36. The fourth-order valence-corrected chi connectivity index (χ4v) is 6.36. The molecule has 0 bridgehead atoms. The van der Waals surface area contributed by atoms with Crippen molar-refractivity contribution < 1.29 is 13.2 Å². The van der Waals surface area contributed by atoms with Crippen LogP contribution < -0.4 is 15.5 Å². The lowest BCUT2D eigenvalue weighted by Crippen LogP contribution is -2.43. The molecule has 4 heterocycles. The zero-order valence-electron chi connectivity index (χ0n) is 21.0. The van der Waals surface area contributed by atoms with Crippen LogP contribution in [0.15, 0.2) is 102 Å². The number of carbonyl (C=O) groups excluding carboxylic acids is 1. The lowest BCUT2D eigenvalue weighted by molar-refractivity contribution is 0.102. The van der Waals surface area contributed by atoms with Gasteiger partial charge < -0.3 is 15.5 Å². The first-order chi connectivity index (χ1) is 19.0. The number of nitrogens with zero attached hydrogens (tertiary/aromatic N) is 4. The standard InChI is InChI=1S/C29H26N6O3S/c36-29(33-25-20-31-14-13-27(25)34-17-15-30-16-18-34)24-11-6-10-23(32-24)28-19-21-7-4-5-12-26(21)35(28)39(37,38)22-8-2-1-3-9-22/h1-14,19-20,30H,15-18H2,(H,33,36). The monoisotopic (exact) mass is 538 g/mol. The molecule has 39 heavy (non-hydrogen) atoms. The highest BCUT2D eigenvalue weighted by molar-refractivity contribution is 7.90. The van der Waals surface area contributed by atoms with Crippen LogP contribution in [0.3, 0.4) is 0 Å². The zero-order valence-corrected chi connectivity index (χ0v) is 21.8. The lowest BCUT2D eigenvalue weighted by atomic mass is 10.2. The van der Waals surface area contributed by atoms with Gasteiger partial charge in [-0.25, -0.2) is 17.4 Å². The quantitative estimate of drug-likeness (QED) is 0.336. The zero-order chi connectivity index (χ0) is 26.8. The Hall–Kier alpha value is -4.54. The first-order valence-corrected chi connectivity index (χ1v) is 14.1. The molecule has 1 fully saturated rings. The minimum Gasteiger partial charge on any atom is -0.367 e. The smallest absolute Gasteiger partial charge is 0.274 e. The molecule has 1 amide bonds. The van der Waals surface area contributed by atoms with Gasteiger partial charge in [0, 0.05) is 37.8 Å². The third-order valence-electron chi connectivity index (χ3n) is 6.70. The molecule has 1 aliphatic heterocycles. The van der Waals surface area contributed by atoms with Crippen LogP contribution in [0.2, 0.25) is 0 Å². The van der Waals surface area contributed by atoms with E-state index in [4.69, 9.17) is 0 Å². The molecule has 5 aromatic rings. The minimum absolute atomic E-state index is 0.163. The second kappa shape index (κ2) is 10.3.